The van der Waals surface area contributed by atoms with Gasteiger partial charge in [0.05, 0.1) is 5.75 Å². The number of carboxylic acids is 1. The molecule has 112 valence electrons. The lowest BCUT2D eigenvalue weighted by Crippen LogP contribution is -2.41. The highest BCUT2D eigenvalue weighted by molar-refractivity contribution is 7.88. The van der Waals surface area contributed by atoms with Crippen LogP contribution in [-0.4, -0.2) is 25.5 Å². The number of carbonyl (C=O) groups is 1. The molecule has 0 aliphatic heterocycles. The summed E-state index contributed by atoms with van der Waals surface area (Å²) in [6, 6.07) is 5.39. The van der Waals surface area contributed by atoms with E-state index in [-0.39, 0.29) is 12.2 Å². The number of halogens is 1. The van der Waals surface area contributed by atoms with Crippen molar-refractivity contribution in [3.8, 4) is 0 Å². The molecule has 1 aromatic carbocycles. The highest BCUT2D eigenvalue weighted by Crippen LogP contribution is 2.13. The predicted octanol–water partition coefficient (Wildman–Crippen LogP) is 2.40. The first-order valence-electron chi connectivity index (χ1n) is 6.31. The van der Waals surface area contributed by atoms with E-state index >= 15 is 0 Å². The number of hydrogen-bond donors (Lipinski definition) is 2. The zero-order valence-corrected chi connectivity index (χ0v) is 12.7. The van der Waals surface area contributed by atoms with Gasteiger partial charge in [0.1, 0.15) is 6.04 Å². The quantitative estimate of drug-likeness (QED) is 0.770. The lowest BCUT2D eigenvalue weighted by Gasteiger charge is -2.14. The monoisotopic (exact) mass is 319 g/mol. The van der Waals surface area contributed by atoms with Crippen LogP contribution in [0.1, 0.15) is 31.7 Å². The number of aliphatic carboxylic acids is 1. The molecule has 0 fully saturated rings. The summed E-state index contributed by atoms with van der Waals surface area (Å²) in [4.78, 5) is 11.0. The van der Waals surface area contributed by atoms with Crippen LogP contribution in [-0.2, 0) is 20.6 Å². The van der Waals surface area contributed by atoms with Crippen molar-refractivity contribution >= 4 is 27.6 Å². The second kappa shape index (κ2) is 7.61. The van der Waals surface area contributed by atoms with E-state index in [0.29, 0.717) is 17.0 Å². The van der Waals surface area contributed by atoms with Gasteiger partial charge in [0.15, 0.2) is 0 Å². The molecule has 1 atom stereocenters. The fourth-order valence-electron chi connectivity index (χ4n) is 1.75. The third kappa shape index (κ3) is 5.90. The van der Waals surface area contributed by atoms with Crippen molar-refractivity contribution in [2.24, 2.45) is 0 Å². The molecule has 0 aliphatic carbocycles. The third-order valence-corrected chi connectivity index (χ3v) is 4.30. The van der Waals surface area contributed by atoms with Crippen molar-refractivity contribution in [3.63, 3.8) is 0 Å². The molecule has 0 amide bonds. The summed E-state index contributed by atoms with van der Waals surface area (Å²) < 4.78 is 26.2. The lowest BCUT2D eigenvalue weighted by molar-refractivity contribution is -0.139. The molecule has 0 spiro atoms. The van der Waals surface area contributed by atoms with Crippen LogP contribution in [0, 0.1) is 0 Å². The van der Waals surface area contributed by atoms with Gasteiger partial charge < -0.3 is 5.11 Å². The minimum absolute atomic E-state index is 0.278. The zero-order valence-electron chi connectivity index (χ0n) is 11.2. The Hall–Kier alpha value is -1.11. The minimum Gasteiger partial charge on any atom is -0.480 e. The Labute approximate surface area is 124 Å². The average molecular weight is 320 g/mol. The van der Waals surface area contributed by atoms with Crippen molar-refractivity contribution in [1.29, 1.82) is 0 Å². The molecule has 0 radical (unpaired) electrons. The van der Waals surface area contributed by atoms with E-state index in [2.05, 4.69) is 4.72 Å². The molecule has 0 saturated carbocycles. The Morgan fingerprint density at radius 2 is 2.15 bits per heavy atom. The van der Waals surface area contributed by atoms with Crippen molar-refractivity contribution in [2.75, 3.05) is 0 Å². The Kier molecular flexibility index (Phi) is 6.45. The van der Waals surface area contributed by atoms with Gasteiger partial charge in [-0.1, -0.05) is 43.5 Å². The zero-order chi connectivity index (χ0) is 15.2. The first-order chi connectivity index (χ1) is 9.34. The largest absolute Gasteiger partial charge is 0.480 e. The smallest absolute Gasteiger partial charge is 0.321 e. The van der Waals surface area contributed by atoms with Crippen LogP contribution >= 0.6 is 11.6 Å². The maximum Gasteiger partial charge on any atom is 0.321 e. The molecule has 7 heteroatoms. The lowest BCUT2D eigenvalue weighted by atomic mass is 10.1. The number of sulfonamides is 1. The standard InChI is InChI=1S/C13H18ClNO4S/c1-2-3-7-12(13(16)17)15-20(18,19)9-10-5-4-6-11(14)8-10/h4-6,8,12,15H,2-3,7,9H2,1H3,(H,16,17). The maximum atomic E-state index is 12.0. The van der Waals surface area contributed by atoms with E-state index < -0.39 is 22.0 Å². The van der Waals surface area contributed by atoms with Gasteiger partial charge in [-0.25, -0.2) is 13.1 Å². The number of rotatable bonds is 8. The fourth-order valence-corrected chi connectivity index (χ4v) is 3.31. The number of carboxylic acid groups (broad SMARTS) is 1. The van der Waals surface area contributed by atoms with Gasteiger partial charge in [0, 0.05) is 5.02 Å². The minimum atomic E-state index is -3.72. The Balaban J connectivity index is 2.75. The summed E-state index contributed by atoms with van der Waals surface area (Å²) in [6.07, 6.45) is 1.73. The van der Waals surface area contributed by atoms with Crippen LogP contribution in [0.5, 0.6) is 0 Å². The summed E-state index contributed by atoms with van der Waals surface area (Å²) in [6.45, 7) is 1.92. The molecule has 0 bridgehead atoms. The molecule has 20 heavy (non-hydrogen) atoms. The van der Waals surface area contributed by atoms with E-state index in [1.165, 1.54) is 0 Å². The van der Waals surface area contributed by atoms with Crippen molar-refractivity contribution in [1.82, 2.24) is 4.72 Å². The second-order valence-corrected chi connectivity index (χ2v) is 6.73. The molecular weight excluding hydrogens is 302 g/mol. The molecule has 0 heterocycles. The van der Waals surface area contributed by atoms with Gasteiger partial charge in [0.25, 0.3) is 0 Å². The Morgan fingerprint density at radius 1 is 1.45 bits per heavy atom. The van der Waals surface area contributed by atoms with Gasteiger partial charge >= 0.3 is 5.97 Å². The molecule has 1 aromatic rings. The average Bonchev–Trinajstić information content (AvgIpc) is 2.33. The molecule has 0 aliphatic rings. The summed E-state index contributed by atoms with van der Waals surface area (Å²) in [5, 5.41) is 9.47. The van der Waals surface area contributed by atoms with Gasteiger partial charge in [-0.05, 0) is 24.1 Å². The first-order valence-corrected chi connectivity index (χ1v) is 8.34. The number of benzene rings is 1. The van der Waals surface area contributed by atoms with E-state index in [9.17, 15) is 13.2 Å². The van der Waals surface area contributed by atoms with Crippen LogP contribution < -0.4 is 4.72 Å². The third-order valence-electron chi connectivity index (χ3n) is 2.71. The SMILES string of the molecule is CCCCC(NS(=O)(=O)Cc1cccc(Cl)c1)C(=O)O. The van der Waals surface area contributed by atoms with Crippen LogP contribution in [0.15, 0.2) is 24.3 Å². The number of hydrogen-bond acceptors (Lipinski definition) is 3. The summed E-state index contributed by atoms with van der Waals surface area (Å²) >= 11 is 5.79. The van der Waals surface area contributed by atoms with Crippen LogP contribution in [0.4, 0.5) is 0 Å². The summed E-state index contributed by atoms with van der Waals surface area (Å²) in [7, 11) is -3.72. The van der Waals surface area contributed by atoms with E-state index in [0.717, 1.165) is 6.42 Å². The van der Waals surface area contributed by atoms with E-state index in [4.69, 9.17) is 16.7 Å². The molecule has 2 N–H and O–H groups in total. The summed E-state index contributed by atoms with van der Waals surface area (Å²) in [5.74, 6) is -1.45. The Morgan fingerprint density at radius 3 is 2.70 bits per heavy atom. The first kappa shape index (κ1) is 16.9. The molecule has 5 nitrogen and oxygen atoms in total. The van der Waals surface area contributed by atoms with Crippen molar-refractivity contribution in [3.05, 3.63) is 34.9 Å². The number of unbranched alkanes of at least 4 members (excludes halogenated alkanes) is 1. The topological polar surface area (TPSA) is 83.5 Å². The van der Waals surface area contributed by atoms with Crippen molar-refractivity contribution in [2.45, 2.75) is 38.0 Å². The van der Waals surface area contributed by atoms with Gasteiger partial charge in [-0.15, -0.1) is 0 Å². The molecule has 1 unspecified atom stereocenters. The molecular formula is C13H18ClNO4S. The number of nitrogens with one attached hydrogen (secondary N) is 1. The van der Waals surface area contributed by atoms with Crippen LogP contribution in [0.3, 0.4) is 0 Å². The van der Waals surface area contributed by atoms with Crippen LogP contribution in [0.25, 0.3) is 0 Å². The van der Waals surface area contributed by atoms with Crippen molar-refractivity contribution < 1.29 is 18.3 Å². The Bertz CT molecular complexity index is 559. The highest BCUT2D eigenvalue weighted by atomic mass is 35.5. The van der Waals surface area contributed by atoms with Crippen LogP contribution in [0.2, 0.25) is 5.02 Å². The predicted molar refractivity (Wildman–Crippen MR) is 78.2 cm³/mol. The van der Waals surface area contributed by atoms with Gasteiger partial charge in [-0.3, -0.25) is 4.79 Å². The molecule has 0 aromatic heterocycles. The van der Waals surface area contributed by atoms with Gasteiger partial charge in [-0.2, -0.15) is 0 Å². The maximum absolute atomic E-state index is 12.0. The molecule has 1 rings (SSSR count). The van der Waals surface area contributed by atoms with E-state index in [1.54, 1.807) is 24.3 Å². The van der Waals surface area contributed by atoms with E-state index in [1.807, 2.05) is 6.92 Å². The second-order valence-electron chi connectivity index (χ2n) is 4.54. The molecule has 0 saturated heterocycles. The highest BCUT2D eigenvalue weighted by Gasteiger charge is 2.23. The normalized spacial score (nSPS) is 13.1. The summed E-state index contributed by atoms with van der Waals surface area (Å²) in [5.41, 5.74) is 0.518. The fraction of sp³-hybridized carbons (Fsp3) is 0.462. The van der Waals surface area contributed by atoms with Gasteiger partial charge in [0.2, 0.25) is 10.0 Å².